The molecule has 0 aliphatic carbocycles. The highest BCUT2D eigenvalue weighted by molar-refractivity contribution is 6.45. The molecule has 33 heavy (non-hydrogen) atoms. The van der Waals surface area contributed by atoms with Gasteiger partial charge in [-0.1, -0.05) is 35.9 Å². The maximum Gasteiger partial charge on any atom is 0.274 e. The van der Waals surface area contributed by atoms with E-state index < -0.39 is 0 Å². The molecule has 0 saturated carbocycles. The molecule has 3 N–H and O–H groups in total. The molecule has 2 aromatic carbocycles. The molecule has 7 heteroatoms. The third-order valence-corrected chi connectivity index (χ3v) is 5.62. The molecule has 3 aromatic rings. The quantitative estimate of drug-likeness (QED) is 0.459. The molecule has 168 valence electrons. The van der Waals surface area contributed by atoms with Gasteiger partial charge < -0.3 is 16.0 Å². The number of aryl methyl sites for hydroxylation is 2. The van der Waals surface area contributed by atoms with Crippen molar-refractivity contribution in [3.05, 3.63) is 94.8 Å². The Bertz CT molecular complexity index is 1210. The number of allylic oxidation sites excluding steroid dienone is 1. The number of halogens is 1. The highest BCUT2D eigenvalue weighted by Crippen LogP contribution is 2.24. The Kier molecular flexibility index (Phi) is 7.05. The number of benzene rings is 2. The van der Waals surface area contributed by atoms with Crippen LogP contribution in [0.3, 0.4) is 0 Å². The maximum absolute atomic E-state index is 12.7. The zero-order valence-corrected chi connectivity index (χ0v) is 19.4. The van der Waals surface area contributed by atoms with Gasteiger partial charge in [0.1, 0.15) is 17.7 Å². The number of aliphatic imine (C=N–C) groups is 1. The van der Waals surface area contributed by atoms with Gasteiger partial charge in [0.2, 0.25) is 0 Å². The van der Waals surface area contributed by atoms with E-state index in [1.165, 1.54) is 5.56 Å². The minimum Gasteiger partial charge on any atom is -0.364 e. The van der Waals surface area contributed by atoms with Crippen LogP contribution in [0.25, 0.3) is 0 Å². The van der Waals surface area contributed by atoms with E-state index in [0.29, 0.717) is 22.2 Å². The molecule has 1 aliphatic rings. The second kappa shape index (κ2) is 10.3. The lowest BCUT2D eigenvalue weighted by Gasteiger charge is -2.16. The van der Waals surface area contributed by atoms with Gasteiger partial charge in [0.05, 0.1) is 5.03 Å². The summed E-state index contributed by atoms with van der Waals surface area (Å²) in [7, 11) is 0. The van der Waals surface area contributed by atoms with E-state index >= 15 is 0 Å². The first-order valence-electron chi connectivity index (χ1n) is 10.9. The molecule has 0 radical (unpaired) electrons. The summed E-state index contributed by atoms with van der Waals surface area (Å²) >= 11 is 6.48. The molecule has 0 saturated heterocycles. The average Bonchev–Trinajstić information content (AvgIpc) is 2.82. The summed E-state index contributed by atoms with van der Waals surface area (Å²) in [4.78, 5) is 21.6. The fourth-order valence-corrected chi connectivity index (χ4v) is 3.77. The predicted octanol–water partition coefficient (Wildman–Crippen LogP) is 5.84. The molecule has 6 nitrogen and oxygen atoms in total. The van der Waals surface area contributed by atoms with Gasteiger partial charge in [0, 0.05) is 23.3 Å². The summed E-state index contributed by atoms with van der Waals surface area (Å²) in [6.45, 7) is 3.84. The van der Waals surface area contributed by atoms with E-state index in [0.717, 1.165) is 29.8 Å². The SMILES string of the molecule is C/C=C(Cl)\C1=N/C(C)Nc2cccc(c2)CCc2cc(NC(=O)c3ccccn3)cc(c2)N1. The van der Waals surface area contributed by atoms with Crippen molar-refractivity contribution in [2.45, 2.75) is 32.9 Å². The molecule has 1 atom stereocenters. The average molecular weight is 460 g/mol. The first kappa shape index (κ1) is 22.6. The Morgan fingerprint density at radius 3 is 2.67 bits per heavy atom. The number of carbonyl (C=O) groups excluding carboxylic acids is 1. The van der Waals surface area contributed by atoms with E-state index in [4.69, 9.17) is 16.6 Å². The van der Waals surface area contributed by atoms with Crippen LogP contribution in [0.1, 0.15) is 35.5 Å². The number of nitrogens with one attached hydrogen (secondary N) is 3. The van der Waals surface area contributed by atoms with Crippen molar-refractivity contribution in [1.82, 2.24) is 4.98 Å². The van der Waals surface area contributed by atoms with Crippen molar-refractivity contribution in [3.8, 4) is 0 Å². The number of amidine groups is 1. The lowest BCUT2D eigenvalue weighted by Crippen LogP contribution is -2.20. The molecule has 2 heterocycles. The van der Waals surface area contributed by atoms with E-state index in [1.807, 2.05) is 38.1 Å². The topological polar surface area (TPSA) is 78.4 Å². The molecular formula is C26H26ClN5O. The summed E-state index contributed by atoms with van der Waals surface area (Å²) in [5.74, 6) is 0.288. The number of hydrogen-bond donors (Lipinski definition) is 3. The van der Waals surface area contributed by atoms with Gasteiger partial charge in [-0.2, -0.15) is 0 Å². The van der Waals surface area contributed by atoms with Crippen LogP contribution < -0.4 is 16.0 Å². The van der Waals surface area contributed by atoms with Crippen LogP contribution in [0.15, 0.2) is 83.0 Å². The minimum absolute atomic E-state index is 0.205. The van der Waals surface area contributed by atoms with Gasteiger partial charge in [-0.3, -0.25) is 9.78 Å². The Labute approximate surface area is 198 Å². The van der Waals surface area contributed by atoms with Gasteiger partial charge in [0.25, 0.3) is 5.91 Å². The van der Waals surface area contributed by atoms with Gasteiger partial charge in [-0.25, -0.2) is 4.99 Å². The number of rotatable bonds is 3. The van der Waals surface area contributed by atoms with Crippen LogP contribution in [-0.4, -0.2) is 22.9 Å². The molecule has 4 rings (SSSR count). The summed E-state index contributed by atoms with van der Waals surface area (Å²) in [5.41, 5.74) is 5.14. The number of pyridine rings is 1. The van der Waals surface area contributed by atoms with E-state index in [2.05, 4.69) is 39.1 Å². The molecule has 0 fully saturated rings. The lowest BCUT2D eigenvalue weighted by atomic mass is 10.0. The van der Waals surface area contributed by atoms with E-state index in [9.17, 15) is 4.79 Å². The molecule has 1 amide bonds. The monoisotopic (exact) mass is 459 g/mol. The Hall–Kier alpha value is -3.64. The second-order valence-corrected chi connectivity index (χ2v) is 8.25. The largest absolute Gasteiger partial charge is 0.364 e. The lowest BCUT2D eigenvalue weighted by molar-refractivity contribution is 0.102. The number of fused-ring (bicyclic) bond motifs is 4. The molecule has 4 bridgehead atoms. The zero-order chi connectivity index (χ0) is 23.2. The fourth-order valence-electron chi connectivity index (χ4n) is 3.67. The van der Waals surface area contributed by atoms with Crippen LogP contribution >= 0.6 is 11.6 Å². The molecule has 0 spiro atoms. The Balaban J connectivity index is 1.72. The Morgan fingerprint density at radius 2 is 1.88 bits per heavy atom. The van der Waals surface area contributed by atoms with Crippen molar-refractivity contribution in [1.29, 1.82) is 0 Å². The van der Waals surface area contributed by atoms with Crippen molar-refractivity contribution < 1.29 is 4.79 Å². The van der Waals surface area contributed by atoms with Gasteiger partial charge in [-0.05, 0) is 80.3 Å². The van der Waals surface area contributed by atoms with Crippen molar-refractivity contribution >= 4 is 40.4 Å². The highest BCUT2D eigenvalue weighted by atomic mass is 35.5. The normalized spacial score (nSPS) is 17.7. The summed E-state index contributed by atoms with van der Waals surface area (Å²) in [6, 6.07) is 19.5. The standard InChI is InChI=1S/C26H26ClN5O/c1-3-23(27)25-30-17(2)29-20-8-6-7-18(13-20)10-11-19-14-21(31-25)16-22(15-19)32-26(33)24-9-4-5-12-28-24/h3-9,12-17,29H,10-11H2,1-2H3,(H,30,31)(H,32,33)/b23-3+. The van der Waals surface area contributed by atoms with Crippen LogP contribution in [0.4, 0.5) is 17.1 Å². The number of nitrogens with zero attached hydrogens (tertiary/aromatic N) is 2. The number of aromatic nitrogens is 1. The van der Waals surface area contributed by atoms with Gasteiger partial charge in [0.15, 0.2) is 0 Å². The van der Waals surface area contributed by atoms with Crippen molar-refractivity contribution in [2.75, 3.05) is 16.0 Å². The van der Waals surface area contributed by atoms with Crippen LogP contribution in [0.2, 0.25) is 0 Å². The van der Waals surface area contributed by atoms with E-state index in [-0.39, 0.29) is 12.1 Å². The molecule has 1 unspecified atom stereocenters. The summed E-state index contributed by atoms with van der Waals surface area (Å²) in [6.07, 6.45) is 4.87. The summed E-state index contributed by atoms with van der Waals surface area (Å²) in [5, 5.41) is 10.2. The predicted molar refractivity (Wildman–Crippen MR) is 136 cm³/mol. The summed E-state index contributed by atoms with van der Waals surface area (Å²) < 4.78 is 0. The number of carbonyl (C=O) groups is 1. The van der Waals surface area contributed by atoms with Gasteiger partial charge >= 0.3 is 0 Å². The van der Waals surface area contributed by atoms with Crippen molar-refractivity contribution in [3.63, 3.8) is 0 Å². The third kappa shape index (κ3) is 5.99. The maximum atomic E-state index is 12.7. The van der Waals surface area contributed by atoms with Crippen LogP contribution in [0.5, 0.6) is 0 Å². The molecule has 1 aliphatic heterocycles. The first-order chi connectivity index (χ1) is 16.0. The minimum atomic E-state index is -0.262. The van der Waals surface area contributed by atoms with Crippen molar-refractivity contribution in [2.24, 2.45) is 4.99 Å². The van der Waals surface area contributed by atoms with Crippen LogP contribution in [-0.2, 0) is 12.8 Å². The molecule has 1 aromatic heterocycles. The first-order valence-corrected chi connectivity index (χ1v) is 11.3. The van der Waals surface area contributed by atoms with Gasteiger partial charge in [-0.15, -0.1) is 0 Å². The number of anilines is 3. The zero-order valence-electron chi connectivity index (χ0n) is 18.6. The fraction of sp³-hybridized carbons (Fsp3) is 0.192. The number of amides is 1. The van der Waals surface area contributed by atoms with Crippen LogP contribution in [0, 0.1) is 0 Å². The van der Waals surface area contributed by atoms with E-state index in [1.54, 1.807) is 30.5 Å². The Morgan fingerprint density at radius 1 is 1.06 bits per heavy atom. The smallest absolute Gasteiger partial charge is 0.274 e. The second-order valence-electron chi connectivity index (χ2n) is 7.85. The third-order valence-electron chi connectivity index (χ3n) is 5.22. The number of hydrogen-bond acceptors (Lipinski definition) is 5. The molecular weight excluding hydrogens is 434 g/mol. The highest BCUT2D eigenvalue weighted by Gasteiger charge is 2.13.